The van der Waals surface area contributed by atoms with Gasteiger partial charge < -0.3 is 10.1 Å². The van der Waals surface area contributed by atoms with Gasteiger partial charge in [-0.25, -0.2) is 0 Å². The van der Waals surface area contributed by atoms with Crippen LogP contribution in [0.2, 0.25) is 0 Å². The number of pyridine rings is 1. The van der Waals surface area contributed by atoms with Crippen LogP contribution in [0, 0.1) is 0 Å². The summed E-state index contributed by atoms with van der Waals surface area (Å²) in [6.07, 6.45) is 5.84. The van der Waals surface area contributed by atoms with Crippen LogP contribution in [0.25, 0.3) is 0 Å². The fraction of sp³-hybridized carbons (Fsp3) is 0.312. The maximum Gasteiger partial charge on any atom is 0.0844 e. The molecule has 1 aliphatic rings. The first kappa shape index (κ1) is 13.6. The number of anilines is 1. The van der Waals surface area contributed by atoms with Gasteiger partial charge in [-0.15, -0.1) is 0 Å². The number of rotatable bonds is 3. The summed E-state index contributed by atoms with van der Waals surface area (Å²) in [6, 6.07) is 12.9. The molecule has 0 bridgehead atoms. The Bertz CT molecular complexity index is 561. The largest absolute Gasteiger partial charge is 0.381 e. The lowest BCUT2D eigenvalue weighted by Crippen LogP contribution is -2.30. The van der Waals surface area contributed by atoms with E-state index in [1.165, 1.54) is 5.56 Å². The van der Waals surface area contributed by atoms with Crippen molar-refractivity contribution in [1.82, 2.24) is 4.98 Å². The SMILES string of the molecule is Brc1cncc(NC2CCOC(c3ccccc3)C2)c1. The molecule has 1 aromatic heterocycles. The minimum absolute atomic E-state index is 0.183. The summed E-state index contributed by atoms with van der Waals surface area (Å²) in [6.45, 7) is 0.790. The highest BCUT2D eigenvalue weighted by molar-refractivity contribution is 9.10. The molecular weight excluding hydrogens is 316 g/mol. The van der Waals surface area contributed by atoms with E-state index in [-0.39, 0.29) is 6.10 Å². The van der Waals surface area contributed by atoms with Crippen molar-refractivity contribution in [3.63, 3.8) is 0 Å². The lowest BCUT2D eigenvalue weighted by atomic mass is 9.97. The van der Waals surface area contributed by atoms with E-state index in [4.69, 9.17) is 4.74 Å². The zero-order valence-electron chi connectivity index (χ0n) is 11.1. The number of halogens is 1. The first-order valence-electron chi connectivity index (χ1n) is 6.85. The number of nitrogens with one attached hydrogen (secondary N) is 1. The van der Waals surface area contributed by atoms with Gasteiger partial charge >= 0.3 is 0 Å². The first-order chi connectivity index (χ1) is 9.81. The molecule has 0 radical (unpaired) electrons. The maximum absolute atomic E-state index is 5.89. The summed E-state index contributed by atoms with van der Waals surface area (Å²) in [4.78, 5) is 4.19. The zero-order valence-corrected chi connectivity index (χ0v) is 12.7. The quantitative estimate of drug-likeness (QED) is 0.915. The molecule has 2 heterocycles. The third kappa shape index (κ3) is 3.38. The number of benzene rings is 1. The van der Waals surface area contributed by atoms with Gasteiger partial charge in [-0.3, -0.25) is 4.98 Å². The van der Waals surface area contributed by atoms with Crippen molar-refractivity contribution in [3.05, 3.63) is 58.8 Å². The summed E-state index contributed by atoms with van der Waals surface area (Å²) < 4.78 is 6.89. The molecule has 1 aromatic carbocycles. The predicted octanol–water partition coefficient (Wildman–Crippen LogP) is 4.18. The van der Waals surface area contributed by atoms with E-state index in [2.05, 4.69) is 56.6 Å². The van der Waals surface area contributed by atoms with Crippen molar-refractivity contribution in [1.29, 1.82) is 0 Å². The molecule has 20 heavy (non-hydrogen) atoms. The van der Waals surface area contributed by atoms with Gasteiger partial charge in [0.2, 0.25) is 0 Å². The number of nitrogens with zero attached hydrogens (tertiary/aromatic N) is 1. The van der Waals surface area contributed by atoms with Crippen molar-refractivity contribution in [2.75, 3.05) is 11.9 Å². The van der Waals surface area contributed by atoms with Gasteiger partial charge in [-0.05, 0) is 40.4 Å². The molecule has 0 amide bonds. The Morgan fingerprint density at radius 3 is 2.85 bits per heavy atom. The minimum Gasteiger partial charge on any atom is -0.381 e. The third-order valence-electron chi connectivity index (χ3n) is 3.53. The van der Waals surface area contributed by atoms with Crippen LogP contribution in [-0.4, -0.2) is 17.6 Å². The monoisotopic (exact) mass is 332 g/mol. The smallest absolute Gasteiger partial charge is 0.0844 e. The Morgan fingerprint density at radius 1 is 1.20 bits per heavy atom. The first-order valence-corrected chi connectivity index (χ1v) is 7.64. The van der Waals surface area contributed by atoms with Crippen molar-refractivity contribution in [2.45, 2.75) is 25.0 Å². The number of aromatic nitrogens is 1. The van der Waals surface area contributed by atoms with E-state index in [0.29, 0.717) is 6.04 Å². The standard InChI is InChI=1S/C16H17BrN2O/c17-13-8-15(11-18-10-13)19-14-6-7-20-16(9-14)12-4-2-1-3-5-12/h1-5,8,10-11,14,16,19H,6-7,9H2. The lowest BCUT2D eigenvalue weighted by molar-refractivity contribution is 0.00979. The van der Waals surface area contributed by atoms with Crippen LogP contribution in [0.15, 0.2) is 53.3 Å². The van der Waals surface area contributed by atoms with Crippen LogP contribution in [0.5, 0.6) is 0 Å². The fourth-order valence-corrected chi connectivity index (χ4v) is 2.92. The fourth-order valence-electron chi connectivity index (χ4n) is 2.55. The van der Waals surface area contributed by atoms with E-state index in [0.717, 1.165) is 29.6 Å². The summed E-state index contributed by atoms with van der Waals surface area (Å²) in [7, 11) is 0. The van der Waals surface area contributed by atoms with E-state index in [1.807, 2.05) is 12.3 Å². The second-order valence-corrected chi connectivity index (χ2v) is 5.94. The molecule has 104 valence electrons. The molecule has 3 nitrogen and oxygen atoms in total. The minimum atomic E-state index is 0.183. The Hall–Kier alpha value is -1.39. The topological polar surface area (TPSA) is 34.2 Å². The Kier molecular flexibility index (Phi) is 4.33. The Balaban J connectivity index is 1.66. The van der Waals surface area contributed by atoms with Gasteiger partial charge in [-0.2, -0.15) is 0 Å². The maximum atomic E-state index is 5.89. The van der Waals surface area contributed by atoms with Gasteiger partial charge in [0.05, 0.1) is 18.0 Å². The van der Waals surface area contributed by atoms with Crippen LogP contribution in [0.1, 0.15) is 24.5 Å². The van der Waals surface area contributed by atoms with E-state index in [9.17, 15) is 0 Å². The molecule has 0 spiro atoms. The van der Waals surface area contributed by atoms with Gasteiger partial charge in [0.15, 0.2) is 0 Å². The molecule has 2 atom stereocenters. The molecule has 3 rings (SSSR count). The average Bonchev–Trinajstić information content (AvgIpc) is 2.48. The molecule has 1 N–H and O–H groups in total. The van der Waals surface area contributed by atoms with Crippen molar-refractivity contribution in [2.24, 2.45) is 0 Å². The zero-order chi connectivity index (χ0) is 13.8. The number of hydrogen-bond acceptors (Lipinski definition) is 3. The average molecular weight is 333 g/mol. The molecule has 4 heteroatoms. The second-order valence-electron chi connectivity index (χ2n) is 5.03. The predicted molar refractivity (Wildman–Crippen MR) is 83.7 cm³/mol. The highest BCUT2D eigenvalue weighted by Gasteiger charge is 2.23. The summed E-state index contributed by atoms with van der Waals surface area (Å²) in [5.41, 5.74) is 2.31. The molecule has 2 unspecified atom stereocenters. The van der Waals surface area contributed by atoms with Crippen molar-refractivity contribution < 1.29 is 4.74 Å². The summed E-state index contributed by atoms with van der Waals surface area (Å²) >= 11 is 3.45. The number of ether oxygens (including phenoxy) is 1. The van der Waals surface area contributed by atoms with Gasteiger partial charge in [0.1, 0.15) is 0 Å². The van der Waals surface area contributed by atoms with Crippen molar-refractivity contribution >= 4 is 21.6 Å². The second kappa shape index (κ2) is 6.37. The molecule has 1 aliphatic heterocycles. The van der Waals surface area contributed by atoms with Crippen LogP contribution >= 0.6 is 15.9 Å². The summed E-state index contributed by atoms with van der Waals surface area (Å²) in [5.74, 6) is 0. The molecule has 1 fully saturated rings. The number of hydrogen-bond donors (Lipinski definition) is 1. The van der Waals surface area contributed by atoms with Gasteiger partial charge in [0.25, 0.3) is 0 Å². The van der Waals surface area contributed by atoms with E-state index >= 15 is 0 Å². The van der Waals surface area contributed by atoms with Gasteiger partial charge in [-0.1, -0.05) is 30.3 Å². The highest BCUT2D eigenvalue weighted by Crippen LogP contribution is 2.29. The van der Waals surface area contributed by atoms with E-state index < -0.39 is 0 Å². The summed E-state index contributed by atoms with van der Waals surface area (Å²) in [5, 5.41) is 3.55. The molecule has 1 saturated heterocycles. The lowest BCUT2D eigenvalue weighted by Gasteiger charge is -2.31. The van der Waals surface area contributed by atoms with E-state index in [1.54, 1.807) is 6.20 Å². The van der Waals surface area contributed by atoms with Crippen LogP contribution in [0.3, 0.4) is 0 Å². The molecule has 0 aliphatic carbocycles. The third-order valence-corrected chi connectivity index (χ3v) is 3.96. The Labute approximate surface area is 127 Å². The highest BCUT2D eigenvalue weighted by atomic mass is 79.9. The molecular formula is C16H17BrN2O. The van der Waals surface area contributed by atoms with Crippen molar-refractivity contribution in [3.8, 4) is 0 Å². The molecule has 0 saturated carbocycles. The Morgan fingerprint density at radius 2 is 2.05 bits per heavy atom. The van der Waals surface area contributed by atoms with Gasteiger partial charge in [0, 0.05) is 23.3 Å². The van der Waals surface area contributed by atoms with Crippen LogP contribution in [0.4, 0.5) is 5.69 Å². The molecule has 2 aromatic rings. The van der Waals surface area contributed by atoms with Crippen LogP contribution in [-0.2, 0) is 4.74 Å². The van der Waals surface area contributed by atoms with Crippen LogP contribution < -0.4 is 5.32 Å². The normalized spacial score (nSPS) is 22.4.